The number of carbonyl (C=O) groups excluding carboxylic acids is 1. The van der Waals surface area contributed by atoms with Crippen LogP contribution in [-0.4, -0.2) is 23.3 Å². The van der Waals surface area contributed by atoms with Crippen LogP contribution in [0.5, 0.6) is 0 Å². The molecule has 5 heteroatoms. The molecule has 1 aliphatic carbocycles. The SMILES string of the molecule is O=C(NC1CC(NCc2cccc(CO)c2)C1)OCc1ccccc1. The largest absolute Gasteiger partial charge is 0.445 e. The number of benzene rings is 2. The molecule has 0 aromatic heterocycles. The van der Waals surface area contributed by atoms with E-state index < -0.39 is 0 Å². The van der Waals surface area contributed by atoms with Crippen LogP contribution in [0.1, 0.15) is 29.5 Å². The normalized spacial score (nSPS) is 19.1. The molecule has 1 aliphatic rings. The van der Waals surface area contributed by atoms with Crippen molar-refractivity contribution < 1.29 is 14.6 Å². The quantitative estimate of drug-likeness (QED) is 0.725. The molecular formula is C20H24N2O3. The zero-order chi connectivity index (χ0) is 17.5. The van der Waals surface area contributed by atoms with E-state index in [2.05, 4.69) is 10.6 Å². The maximum absolute atomic E-state index is 11.8. The molecule has 1 saturated carbocycles. The summed E-state index contributed by atoms with van der Waals surface area (Å²) >= 11 is 0. The van der Waals surface area contributed by atoms with Gasteiger partial charge in [-0.25, -0.2) is 4.79 Å². The lowest BCUT2D eigenvalue weighted by molar-refractivity contribution is 0.125. The summed E-state index contributed by atoms with van der Waals surface area (Å²) in [6, 6.07) is 18.1. The van der Waals surface area contributed by atoms with E-state index in [9.17, 15) is 4.79 Å². The van der Waals surface area contributed by atoms with Gasteiger partial charge in [-0.3, -0.25) is 0 Å². The first-order chi connectivity index (χ1) is 12.2. The van der Waals surface area contributed by atoms with Gasteiger partial charge in [0.05, 0.1) is 6.61 Å². The summed E-state index contributed by atoms with van der Waals surface area (Å²) in [5.74, 6) is 0. The van der Waals surface area contributed by atoms with Crippen molar-refractivity contribution >= 4 is 6.09 Å². The van der Waals surface area contributed by atoms with E-state index in [1.54, 1.807) is 0 Å². The Balaban J connectivity index is 1.32. The maximum Gasteiger partial charge on any atom is 0.407 e. The lowest BCUT2D eigenvalue weighted by Gasteiger charge is -2.36. The third-order valence-corrected chi connectivity index (χ3v) is 4.44. The van der Waals surface area contributed by atoms with Gasteiger partial charge in [-0.2, -0.15) is 0 Å². The molecule has 0 bridgehead atoms. The zero-order valence-electron chi connectivity index (χ0n) is 14.2. The summed E-state index contributed by atoms with van der Waals surface area (Å²) in [6.45, 7) is 1.13. The number of aliphatic hydroxyl groups is 1. The van der Waals surface area contributed by atoms with Gasteiger partial charge in [0.25, 0.3) is 0 Å². The van der Waals surface area contributed by atoms with E-state index in [0.717, 1.165) is 36.1 Å². The van der Waals surface area contributed by atoms with Crippen molar-refractivity contribution in [2.75, 3.05) is 0 Å². The van der Waals surface area contributed by atoms with Gasteiger partial charge in [-0.15, -0.1) is 0 Å². The second kappa shape index (κ2) is 8.65. The number of nitrogens with one attached hydrogen (secondary N) is 2. The Morgan fingerprint density at radius 1 is 1.00 bits per heavy atom. The first kappa shape index (κ1) is 17.5. The average molecular weight is 340 g/mol. The molecule has 132 valence electrons. The Bertz CT molecular complexity index is 684. The number of ether oxygens (including phenoxy) is 1. The van der Waals surface area contributed by atoms with Gasteiger partial charge in [0, 0.05) is 18.6 Å². The second-order valence-electron chi connectivity index (χ2n) is 6.43. The summed E-state index contributed by atoms with van der Waals surface area (Å²) in [7, 11) is 0. The Labute approximate surface area is 148 Å². The summed E-state index contributed by atoms with van der Waals surface area (Å²) in [6.07, 6.45) is 1.45. The maximum atomic E-state index is 11.8. The molecule has 0 unspecified atom stereocenters. The minimum absolute atomic E-state index is 0.0638. The number of carbonyl (C=O) groups is 1. The first-order valence-corrected chi connectivity index (χ1v) is 8.62. The summed E-state index contributed by atoms with van der Waals surface area (Å²) in [5.41, 5.74) is 3.06. The number of alkyl carbamates (subject to hydrolysis) is 1. The molecule has 2 aromatic rings. The minimum Gasteiger partial charge on any atom is -0.445 e. The standard InChI is InChI=1S/C20H24N2O3/c23-13-17-8-4-7-16(9-17)12-21-18-10-19(11-18)22-20(24)25-14-15-5-2-1-3-6-15/h1-9,18-19,21,23H,10-14H2,(H,22,24). The van der Waals surface area contributed by atoms with Crippen molar-refractivity contribution in [3.05, 3.63) is 71.3 Å². The molecule has 1 amide bonds. The van der Waals surface area contributed by atoms with Crippen LogP contribution in [0.15, 0.2) is 54.6 Å². The summed E-state index contributed by atoms with van der Waals surface area (Å²) in [4.78, 5) is 11.8. The molecule has 0 aliphatic heterocycles. The number of rotatable bonds is 7. The van der Waals surface area contributed by atoms with E-state index in [4.69, 9.17) is 9.84 Å². The van der Waals surface area contributed by atoms with Crippen molar-refractivity contribution in [3.63, 3.8) is 0 Å². The fraction of sp³-hybridized carbons (Fsp3) is 0.350. The lowest BCUT2D eigenvalue weighted by atomic mass is 9.86. The van der Waals surface area contributed by atoms with Crippen molar-refractivity contribution in [1.29, 1.82) is 0 Å². The van der Waals surface area contributed by atoms with Crippen LogP contribution in [0.3, 0.4) is 0 Å². The third kappa shape index (κ3) is 5.31. The molecule has 2 aromatic carbocycles. The van der Waals surface area contributed by atoms with Crippen LogP contribution in [0, 0.1) is 0 Å². The van der Waals surface area contributed by atoms with E-state index in [-0.39, 0.29) is 18.7 Å². The molecule has 0 heterocycles. The van der Waals surface area contributed by atoms with E-state index >= 15 is 0 Å². The molecule has 25 heavy (non-hydrogen) atoms. The van der Waals surface area contributed by atoms with Gasteiger partial charge in [0.1, 0.15) is 6.61 Å². The van der Waals surface area contributed by atoms with Gasteiger partial charge in [-0.1, -0.05) is 54.6 Å². The minimum atomic E-state index is -0.358. The highest BCUT2D eigenvalue weighted by Gasteiger charge is 2.30. The molecular weight excluding hydrogens is 316 g/mol. The molecule has 0 atom stereocenters. The molecule has 0 spiro atoms. The molecule has 1 fully saturated rings. The van der Waals surface area contributed by atoms with Gasteiger partial charge < -0.3 is 20.5 Å². The highest BCUT2D eigenvalue weighted by molar-refractivity contribution is 5.67. The van der Waals surface area contributed by atoms with Crippen LogP contribution < -0.4 is 10.6 Å². The first-order valence-electron chi connectivity index (χ1n) is 8.62. The Morgan fingerprint density at radius 3 is 2.48 bits per heavy atom. The Kier molecular flexibility index (Phi) is 6.04. The van der Waals surface area contributed by atoms with Crippen LogP contribution in [0.25, 0.3) is 0 Å². The highest BCUT2D eigenvalue weighted by atomic mass is 16.5. The van der Waals surface area contributed by atoms with Crippen molar-refractivity contribution in [2.24, 2.45) is 0 Å². The molecule has 0 saturated heterocycles. The molecule has 3 N–H and O–H groups in total. The predicted octanol–water partition coefficient (Wildman–Crippen LogP) is 2.73. The van der Waals surface area contributed by atoms with Crippen molar-refractivity contribution in [1.82, 2.24) is 10.6 Å². The summed E-state index contributed by atoms with van der Waals surface area (Å²) < 4.78 is 5.23. The van der Waals surface area contributed by atoms with E-state index in [1.165, 1.54) is 0 Å². The topological polar surface area (TPSA) is 70.6 Å². The second-order valence-corrected chi connectivity index (χ2v) is 6.43. The number of hydrogen-bond acceptors (Lipinski definition) is 4. The van der Waals surface area contributed by atoms with E-state index in [1.807, 2.05) is 54.6 Å². The number of aliphatic hydroxyl groups excluding tert-OH is 1. The van der Waals surface area contributed by atoms with Crippen LogP contribution in [0.2, 0.25) is 0 Å². The van der Waals surface area contributed by atoms with Gasteiger partial charge in [0.2, 0.25) is 0 Å². The van der Waals surface area contributed by atoms with Gasteiger partial charge in [-0.05, 0) is 29.5 Å². The zero-order valence-corrected chi connectivity index (χ0v) is 14.2. The number of hydrogen-bond donors (Lipinski definition) is 3. The summed E-state index contributed by atoms with van der Waals surface area (Å²) in [5, 5.41) is 15.5. The number of amides is 1. The average Bonchev–Trinajstić information content (AvgIpc) is 2.62. The Hall–Kier alpha value is -2.37. The molecule has 5 nitrogen and oxygen atoms in total. The van der Waals surface area contributed by atoms with Gasteiger partial charge >= 0.3 is 6.09 Å². The third-order valence-electron chi connectivity index (χ3n) is 4.44. The Morgan fingerprint density at radius 2 is 1.72 bits per heavy atom. The fourth-order valence-electron chi connectivity index (χ4n) is 2.93. The van der Waals surface area contributed by atoms with Crippen LogP contribution in [0.4, 0.5) is 4.79 Å². The van der Waals surface area contributed by atoms with Crippen LogP contribution >= 0.6 is 0 Å². The molecule has 3 rings (SSSR count). The van der Waals surface area contributed by atoms with Crippen molar-refractivity contribution in [2.45, 2.75) is 44.7 Å². The fourth-order valence-corrected chi connectivity index (χ4v) is 2.93. The lowest BCUT2D eigenvalue weighted by Crippen LogP contribution is -2.52. The van der Waals surface area contributed by atoms with Crippen LogP contribution in [-0.2, 0) is 24.5 Å². The van der Waals surface area contributed by atoms with Crippen molar-refractivity contribution in [3.8, 4) is 0 Å². The molecule has 0 radical (unpaired) electrons. The van der Waals surface area contributed by atoms with E-state index in [0.29, 0.717) is 12.6 Å². The smallest absolute Gasteiger partial charge is 0.407 e. The van der Waals surface area contributed by atoms with Gasteiger partial charge in [0.15, 0.2) is 0 Å². The monoisotopic (exact) mass is 340 g/mol. The predicted molar refractivity (Wildman–Crippen MR) is 95.8 cm³/mol. The highest BCUT2D eigenvalue weighted by Crippen LogP contribution is 2.20.